The van der Waals surface area contributed by atoms with Gasteiger partial charge in [-0.2, -0.15) is 5.10 Å². The first-order chi connectivity index (χ1) is 16.9. The molecule has 4 heterocycles. The van der Waals surface area contributed by atoms with Crippen molar-refractivity contribution in [2.45, 2.75) is 50.7 Å². The highest BCUT2D eigenvalue weighted by molar-refractivity contribution is 6.31. The lowest BCUT2D eigenvalue weighted by Gasteiger charge is -2.29. The molecule has 1 saturated heterocycles. The molecule has 1 saturated carbocycles. The van der Waals surface area contributed by atoms with Crippen LogP contribution >= 0.6 is 11.6 Å². The summed E-state index contributed by atoms with van der Waals surface area (Å²) in [7, 11) is 0. The van der Waals surface area contributed by atoms with Crippen LogP contribution in [0.3, 0.4) is 0 Å². The first kappa shape index (κ1) is 22.3. The molecule has 4 aromatic rings. The maximum atomic E-state index is 14.1. The second-order valence-corrected chi connectivity index (χ2v) is 9.60. The molecule has 2 aliphatic rings. The average molecular weight is 498 g/mol. The van der Waals surface area contributed by atoms with E-state index in [1.807, 2.05) is 17.1 Å². The zero-order valence-electron chi connectivity index (χ0n) is 18.9. The summed E-state index contributed by atoms with van der Waals surface area (Å²) in [5.41, 5.74) is 2.42. The molecule has 1 aromatic carbocycles. The fourth-order valence-corrected chi connectivity index (χ4v) is 4.77. The van der Waals surface area contributed by atoms with E-state index in [-0.39, 0.29) is 22.7 Å². The Morgan fingerprint density at radius 1 is 1.11 bits per heavy atom. The third-order valence-electron chi connectivity index (χ3n) is 6.75. The number of rotatable bonds is 4. The summed E-state index contributed by atoms with van der Waals surface area (Å²) in [5, 5.41) is 4.48. The third kappa shape index (κ3) is 4.02. The first-order valence-corrected chi connectivity index (χ1v) is 12.0. The van der Waals surface area contributed by atoms with Crippen LogP contribution in [-0.2, 0) is 4.74 Å². The van der Waals surface area contributed by atoms with Crippen LogP contribution in [-0.4, -0.2) is 30.8 Å². The Labute approximate surface area is 204 Å². The van der Waals surface area contributed by atoms with Gasteiger partial charge in [0.25, 0.3) is 5.56 Å². The SMILES string of the molecule is Cc1nc2c(-c3ccc(F)c(F)c3)nc([C@H]3CCO[C@H](c4cnn(C5CC5)c4)C3)cn2c(=O)c1Cl. The van der Waals surface area contributed by atoms with Crippen molar-refractivity contribution in [3.63, 3.8) is 0 Å². The Morgan fingerprint density at radius 3 is 2.71 bits per heavy atom. The second kappa shape index (κ2) is 8.49. The molecule has 1 aliphatic heterocycles. The van der Waals surface area contributed by atoms with Crippen LogP contribution in [0.1, 0.15) is 60.7 Å². The predicted octanol–water partition coefficient (Wildman–Crippen LogP) is 5.16. The smallest absolute Gasteiger partial charge is 0.277 e. The van der Waals surface area contributed by atoms with Crippen molar-refractivity contribution in [1.29, 1.82) is 0 Å². The van der Waals surface area contributed by atoms with Crippen LogP contribution in [0.4, 0.5) is 8.78 Å². The lowest BCUT2D eigenvalue weighted by atomic mass is 9.90. The molecule has 10 heteroatoms. The monoisotopic (exact) mass is 497 g/mol. The summed E-state index contributed by atoms with van der Waals surface area (Å²) < 4.78 is 37.1. The van der Waals surface area contributed by atoms with Gasteiger partial charge < -0.3 is 4.74 Å². The lowest BCUT2D eigenvalue weighted by Crippen LogP contribution is -2.23. The topological polar surface area (TPSA) is 74.3 Å². The quantitative estimate of drug-likeness (QED) is 0.389. The average Bonchev–Trinajstić information content (AvgIpc) is 3.60. The maximum absolute atomic E-state index is 14.1. The molecule has 3 aromatic heterocycles. The van der Waals surface area contributed by atoms with E-state index in [1.165, 1.54) is 10.5 Å². The highest BCUT2D eigenvalue weighted by atomic mass is 35.5. The van der Waals surface area contributed by atoms with E-state index < -0.39 is 17.2 Å². The van der Waals surface area contributed by atoms with Crippen LogP contribution in [0.2, 0.25) is 5.02 Å². The molecule has 7 nitrogen and oxygen atoms in total. The van der Waals surface area contributed by atoms with Crippen molar-refractivity contribution < 1.29 is 13.5 Å². The summed E-state index contributed by atoms with van der Waals surface area (Å²) >= 11 is 6.22. The largest absolute Gasteiger partial charge is 0.373 e. The molecule has 0 N–H and O–H groups in total. The first-order valence-electron chi connectivity index (χ1n) is 11.6. The number of benzene rings is 1. The molecule has 0 spiro atoms. The Hall–Kier alpha value is -3.17. The minimum atomic E-state index is -1.00. The molecule has 2 atom stereocenters. The lowest BCUT2D eigenvalue weighted by molar-refractivity contribution is 0.00454. The molecule has 0 unspecified atom stereocenters. The van der Waals surface area contributed by atoms with Crippen molar-refractivity contribution in [3.8, 4) is 11.3 Å². The van der Waals surface area contributed by atoms with Gasteiger partial charge in [-0.05, 0) is 50.8 Å². The standard InChI is InChI=1S/C25H22ClF2N5O2/c1-13-22(26)25(34)32-12-20(31-23(24(32)30-13)15-2-5-18(27)19(28)8-15)14-6-7-35-21(9-14)16-10-29-33(11-16)17-3-4-17/h2,5,8,10-12,14,17,21H,3-4,6-7,9H2,1H3/t14-,21-/m0/s1. The highest BCUT2D eigenvalue weighted by Gasteiger charge is 2.30. The van der Waals surface area contributed by atoms with Gasteiger partial charge in [-0.3, -0.25) is 13.9 Å². The van der Waals surface area contributed by atoms with Gasteiger partial charge in [0.2, 0.25) is 0 Å². The molecule has 0 amide bonds. The van der Waals surface area contributed by atoms with Crippen molar-refractivity contribution in [2.24, 2.45) is 0 Å². The van der Waals surface area contributed by atoms with Crippen LogP contribution in [0, 0.1) is 18.6 Å². The van der Waals surface area contributed by atoms with Gasteiger partial charge >= 0.3 is 0 Å². The molecule has 2 fully saturated rings. The number of hydrogen-bond donors (Lipinski definition) is 0. The fraction of sp³-hybridized carbons (Fsp3) is 0.360. The van der Waals surface area contributed by atoms with Crippen LogP contribution in [0.5, 0.6) is 0 Å². The van der Waals surface area contributed by atoms with Gasteiger partial charge in [-0.25, -0.2) is 18.7 Å². The van der Waals surface area contributed by atoms with Crippen molar-refractivity contribution in [1.82, 2.24) is 24.1 Å². The molecule has 0 bridgehead atoms. The van der Waals surface area contributed by atoms with E-state index in [0.717, 1.165) is 30.5 Å². The minimum absolute atomic E-state index is 0.00762. The van der Waals surface area contributed by atoms with Gasteiger partial charge in [-0.15, -0.1) is 0 Å². The van der Waals surface area contributed by atoms with Crippen molar-refractivity contribution >= 4 is 17.2 Å². The normalized spacial score (nSPS) is 20.5. The third-order valence-corrected chi connectivity index (χ3v) is 7.18. The zero-order valence-corrected chi connectivity index (χ0v) is 19.7. The second-order valence-electron chi connectivity index (χ2n) is 9.22. The molecule has 0 radical (unpaired) electrons. The predicted molar refractivity (Wildman–Crippen MR) is 126 cm³/mol. The number of aryl methyl sites for hydroxylation is 1. The summed E-state index contributed by atoms with van der Waals surface area (Å²) in [6.07, 6.45) is 9.03. The van der Waals surface area contributed by atoms with E-state index in [1.54, 1.807) is 13.1 Å². The summed E-state index contributed by atoms with van der Waals surface area (Å²) in [6.45, 7) is 2.14. The van der Waals surface area contributed by atoms with Crippen LogP contribution < -0.4 is 5.56 Å². The van der Waals surface area contributed by atoms with Crippen LogP contribution in [0.15, 0.2) is 41.6 Å². The Kier molecular flexibility index (Phi) is 5.41. The number of nitrogens with zero attached hydrogens (tertiary/aromatic N) is 5. The van der Waals surface area contributed by atoms with E-state index >= 15 is 0 Å². The van der Waals surface area contributed by atoms with Gasteiger partial charge in [0.15, 0.2) is 17.3 Å². The number of ether oxygens (including phenoxy) is 1. The molecule has 1 aliphatic carbocycles. The Morgan fingerprint density at radius 2 is 1.94 bits per heavy atom. The molecule has 180 valence electrons. The fourth-order valence-electron chi connectivity index (χ4n) is 4.63. The van der Waals surface area contributed by atoms with Crippen LogP contribution in [0.25, 0.3) is 16.9 Å². The van der Waals surface area contributed by atoms with Gasteiger partial charge in [0, 0.05) is 36.0 Å². The zero-order chi connectivity index (χ0) is 24.3. The van der Waals surface area contributed by atoms with Gasteiger partial charge in [0.05, 0.1) is 29.7 Å². The summed E-state index contributed by atoms with van der Waals surface area (Å²) in [5.74, 6) is -1.99. The van der Waals surface area contributed by atoms with E-state index in [4.69, 9.17) is 21.3 Å². The molecular formula is C25H22ClF2N5O2. The minimum Gasteiger partial charge on any atom is -0.373 e. The van der Waals surface area contributed by atoms with Gasteiger partial charge in [-0.1, -0.05) is 11.6 Å². The van der Waals surface area contributed by atoms with E-state index in [9.17, 15) is 13.6 Å². The Bertz CT molecular complexity index is 1510. The maximum Gasteiger partial charge on any atom is 0.277 e. The number of hydrogen-bond acceptors (Lipinski definition) is 5. The molecular weight excluding hydrogens is 476 g/mol. The Balaban J connectivity index is 1.44. The highest BCUT2D eigenvalue weighted by Crippen LogP contribution is 2.39. The number of halogens is 3. The molecule has 6 rings (SSSR count). The van der Waals surface area contributed by atoms with E-state index in [0.29, 0.717) is 48.1 Å². The van der Waals surface area contributed by atoms with E-state index in [2.05, 4.69) is 10.1 Å². The molecule has 35 heavy (non-hydrogen) atoms. The van der Waals surface area contributed by atoms with Crippen molar-refractivity contribution in [2.75, 3.05) is 6.61 Å². The summed E-state index contributed by atoms with van der Waals surface area (Å²) in [4.78, 5) is 22.3. The van der Waals surface area contributed by atoms with Gasteiger partial charge in [0.1, 0.15) is 10.7 Å². The number of aromatic nitrogens is 5. The van der Waals surface area contributed by atoms with Crippen molar-refractivity contribution in [3.05, 3.63) is 80.8 Å². The summed E-state index contributed by atoms with van der Waals surface area (Å²) in [6, 6.07) is 4.02. The number of fused-ring (bicyclic) bond motifs is 1.